The third-order valence-corrected chi connectivity index (χ3v) is 4.29. The van der Waals surface area contributed by atoms with Crippen LogP contribution < -0.4 is 5.32 Å². The second kappa shape index (κ2) is 8.95. The molecular weight excluding hydrogens is 258 g/mol. The first-order chi connectivity index (χ1) is 9.75. The lowest BCUT2D eigenvalue weighted by molar-refractivity contribution is -0.0178. The minimum atomic E-state index is -0.446. The summed E-state index contributed by atoms with van der Waals surface area (Å²) in [5.41, 5.74) is 0. The Morgan fingerprint density at radius 1 is 1.25 bits per heavy atom. The van der Waals surface area contributed by atoms with Gasteiger partial charge >= 0.3 is 0 Å². The number of hydrogen-bond acceptors (Lipinski definition) is 5. The number of hydrogen-bond donors (Lipinski definition) is 2. The van der Waals surface area contributed by atoms with E-state index in [1.165, 1.54) is 0 Å². The molecule has 0 spiro atoms. The van der Waals surface area contributed by atoms with Crippen molar-refractivity contribution in [3.05, 3.63) is 0 Å². The second-order valence-corrected chi connectivity index (χ2v) is 5.97. The summed E-state index contributed by atoms with van der Waals surface area (Å²) in [5, 5.41) is 13.3. The Bertz CT molecular complexity index is 252. The molecule has 2 fully saturated rings. The fourth-order valence-electron chi connectivity index (χ4n) is 2.87. The van der Waals surface area contributed by atoms with Gasteiger partial charge in [0.25, 0.3) is 0 Å². The van der Waals surface area contributed by atoms with Gasteiger partial charge in [-0.15, -0.1) is 0 Å². The van der Waals surface area contributed by atoms with Gasteiger partial charge in [-0.2, -0.15) is 0 Å². The van der Waals surface area contributed by atoms with Gasteiger partial charge in [0.1, 0.15) is 0 Å². The summed E-state index contributed by atoms with van der Waals surface area (Å²) < 4.78 is 16.4. The van der Waals surface area contributed by atoms with E-state index in [0.29, 0.717) is 31.7 Å². The van der Waals surface area contributed by atoms with Gasteiger partial charge in [0.05, 0.1) is 25.4 Å². The van der Waals surface area contributed by atoms with Crippen LogP contribution in [0.25, 0.3) is 0 Å². The molecule has 0 amide bonds. The van der Waals surface area contributed by atoms with Crippen LogP contribution in [0.1, 0.15) is 32.6 Å². The van der Waals surface area contributed by atoms with Crippen LogP contribution >= 0.6 is 0 Å². The summed E-state index contributed by atoms with van der Waals surface area (Å²) in [6.45, 7) is 6.34. The number of aliphatic hydroxyl groups is 1. The number of ether oxygens (including phenoxy) is 3. The molecule has 20 heavy (non-hydrogen) atoms. The molecule has 3 unspecified atom stereocenters. The molecule has 3 atom stereocenters. The van der Waals surface area contributed by atoms with E-state index in [1.54, 1.807) is 0 Å². The summed E-state index contributed by atoms with van der Waals surface area (Å²) in [6.07, 6.45) is 4.21. The Morgan fingerprint density at radius 3 is 2.75 bits per heavy atom. The Hall–Kier alpha value is -0.200. The van der Waals surface area contributed by atoms with Gasteiger partial charge in [-0.25, -0.2) is 0 Å². The predicted octanol–water partition coefficient (Wildman–Crippen LogP) is 0.948. The van der Waals surface area contributed by atoms with E-state index in [2.05, 4.69) is 12.2 Å². The summed E-state index contributed by atoms with van der Waals surface area (Å²) >= 11 is 0. The number of aliphatic hydroxyl groups excluding tert-OH is 1. The highest BCUT2D eigenvalue weighted by molar-refractivity contribution is 4.76. The van der Waals surface area contributed by atoms with E-state index < -0.39 is 6.10 Å². The van der Waals surface area contributed by atoms with Crippen molar-refractivity contribution in [1.29, 1.82) is 0 Å². The summed E-state index contributed by atoms with van der Waals surface area (Å²) in [5.74, 6) is 0.656. The molecule has 0 radical (unpaired) electrons. The summed E-state index contributed by atoms with van der Waals surface area (Å²) in [4.78, 5) is 0. The van der Waals surface area contributed by atoms with Crippen molar-refractivity contribution >= 4 is 0 Å². The Kier molecular flexibility index (Phi) is 7.24. The highest BCUT2D eigenvalue weighted by atomic mass is 16.5. The van der Waals surface area contributed by atoms with E-state index in [-0.39, 0.29) is 6.10 Å². The maximum Gasteiger partial charge on any atom is 0.0897 e. The van der Waals surface area contributed by atoms with Gasteiger partial charge in [-0.3, -0.25) is 0 Å². The molecule has 0 aromatic carbocycles. The van der Waals surface area contributed by atoms with Crippen molar-refractivity contribution in [2.24, 2.45) is 5.92 Å². The van der Waals surface area contributed by atoms with E-state index in [1.807, 2.05) is 0 Å². The molecule has 2 saturated heterocycles. The lowest BCUT2D eigenvalue weighted by Gasteiger charge is -2.29. The Balaban J connectivity index is 1.51. The minimum Gasteiger partial charge on any atom is -0.389 e. The molecule has 118 valence electrons. The first-order valence-corrected chi connectivity index (χ1v) is 7.94. The third-order valence-electron chi connectivity index (χ3n) is 4.29. The molecule has 2 aliphatic rings. The summed E-state index contributed by atoms with van der Waals surface area (Å²) in [6, 6.07) is 0.423. The monoisotopic (exact) mass is 287 g/mol. The van der Waals surface area contributed by atoms with E-state index in [9.17, 15) is 5.11 Å². The molecule has 0 aliphatic carbocycles. The van der Waals surface area contributed by atoms with Crippen LogP contribution in [0, 0.1) is 5.92 Å². The maximum atomic E-state index is 9.92. The van der Waals surface area contributed by atoms with Crippen molar-refractivity contribution < 1.29 is 19.3 Å². The average Bonchev–Trinajstić information content (AvgIpc) is 2.99. The fourth-order valence-corrected chi connectivity index (χ4v) is 2.87. The molecule has 0 saturated carbocycles. The first-order valence-electron chi connectivity index (χ1n) is 7.94. The topological polar surface area (TPSA) is 60.0 Å². The van der Waals surface area contributed by atoms with Gasteiger partial charge < -0.3 is 24.6 Å². The standard InChI is InChI=1S/C15H29NO4/c1-12(13-4-7-18-8-5-13)16-9-14(17)10-19-11-15-3-2-6-20-15/h12-17H,2-11H2,1H3. The summed E-state index contributed by atoms with van der Waals surface area (Å²) in [7, 11) is 0. The highest BCUT2D eigenvalue weighted by Crippen LogP contribution is 2.18. The fraction of sp³-hybridized carbons (Fsp3) is 1.00. The average molecular weight is 287 g/mol. The number of nitrogens with one attached hydrogen (secondary N) is 1. The molecule has 2 heterocycles. The van der Waals surface area contributed by atoms with Crippen molar-refractivity contribution in [1.82, 2.24) is 5.32 Å². The maximum absolute atomic E-state index is 9.92. The van der Waals surface area contributed by atoms with Crippen LogP contribution in [0.5, 0.6) is 0 Å². The molecule has 2 aliphatic heterocycles. The largest absolute Gasteiger partial charge is 0.389 e. The zero-order chi connectivity index (χ0) is 14.2. The predicted molar refractivity (Wildman–Crippen MR) is 76.8 cm³/mol. The molecule has 5 heteroatoms. The van der Waals surface area contributed by atoms with Gasteiger partial charge in [0, 0.05) is 32.4 Å². The van der Waals surface area contributed by atoms with Crippen LogP contribution in [0.2, 0.25) is 0 Å². The zero-order valence-electron chi connectivity index (χ0n) is 12.6. The minimum absolute atomic E-state index is 0.233. The van der Waals surface area contributed by atoms with Crippen molar-refractivity contribution in [3.8, 4) is 0 Å². The first kappa shape index (κ1) is 16.2. The van der Waals surface area contributed by atoms with Crippen molar-refractivity contribution in [3.63, 3.8) is 0 Å². The number of rotatable bonds is 8. The zero-order valence-corrected chi connectivity index (χ0v) is 12.6. The van der Waals surface area contributed by atoms with E-state index in [4.69, 9.17) is 14.2 Å². The lowest BCUT2D eigenvalue weighted by atomic mass is 9.93. The lowest BCUT2D eigenvalue weighted by Crippen LogP contribution is -2.41. The van der Waals surface area contributed by atoms with Gasteiger partial charge in [0.2, 0.25) is 0 Å². The third kappa shape index (κ3) is 5.66. The van der Waals surface area contributed by atoms with Crippen LogP contribution in [-0.4, -0.2) is 62.9 Å². The molecule has 0 aromatic rings. The Labute approximate surface area is 122 Å². The van der Waals surface area contributed by atoms with Crippen molar-refractivity contribution in [2.45, 2.75) is 50.9 Å². The molecule has 0 aromatic heterocycles. The normalized spacial score (nSPS) is 27.6. The molecule has 5 nitrogen and oxygen atoms in total. The second-order valence-electron chi connectivity index (χ2n) is 5.97. The Morgan fingerprint density at radius 2 is 2.05 bits per heavy atom. The van der Waals surface area contributed by atoms with E-state index >= 15 is 0 Å². The van der Waals surface area contributed by atoms with Crippen molar-refractivity contribution in [2.75, 3.05) is 39.6 Å². The highest BCUT2D eigenvalue weighted by Gasteiger charge is 2.21. The molecule has 0 bridgehead atoms. The van der Waals surface area contributed by atoms with Gasteiger partial charge in [0.15, 0.2) is 0 Å². The van der Waals surface area contributed by atoms with Gasteiger partial charge in [-0.1, -0.05) is 0 Å². The quantitative estimate of drug-likeness (QED) is 0.696. The molecule has 2 N–H and O–H groups in total. The SMILES string of the molecule is CC(NCC(O)COCC1CCCO1)C1CCOCC1. The smallest absolute Gasteiger partial charge is 0.0897 e. The van der Waals surface area contributed by atoms with Crippen LogP contribution in [0.3, 0.4) is 0 Å². The molecule has 2 rings (SSSR count). The molecular formula is C15H29NO4. The van der Waals surface area contributed by atoms with Gasteiger partial charge in [-0.05, 0) is 38.5 Å². The van der Waals surface area contributed by atoms with Crippen LogP contribution in [0.4, 0.5) is 0 Å². The van der Waals surface area contributed by atoms with E-state index in [0.717, 1.165) is 45.5 Å². The van der Waals surface area contributed by atoms with Crippen LogP contribution in [0.15, 0.2) is 0 Å². The van der Waals surface area contributed by atoms with Crippen LogP contribution in [-0.2, 0) is 14.2 Å².